The molecule has 0 spiro atoms. The lowest BCUT2D eigenvalue weighted by atomic mass is 10.2. The molecule has 3 N–H and O–H groups in total. The minimum Gasteiger partial charge on any atom is -0.370 e. The highest BCUT2D eigenvalue weighted by atomic mass is 127. The second-order valence-electron chi connectivity index (χ2n) is 4.60. The van der Waals surface area contributed by atoms with E-state index in [4.69, 9.17) is 5.73 Å². The quantitative estimate of drug-likeness (QED) is 0.289. The van der Waals surface area contributed by atoms with E-state index in [-0.39, 0.29) is 29.9 Å². The van der Waals surface area contributed by atoms with Crippen LogP contribution in [0.5, 0.6) is 0 Å². The number of thioether (sulfide) groups is 1. The van der Waals surface area contributed by atoms with Crippen LogP contribution in [0.4, 0.5) is 0 Å². The molecule has 1 saturated heterocycles. The van der Waals surface area contributed by atoms with Crippen LogP contribution in [0.15, 0.2) is 33.7 Å². The van der Waals surface area contributed by atoms with Gasteiger partial charge in [-0.3, -0.25) is 9.79 Å². The van der Waals surface area contributed by atoms with E-state index in [1.54, 1.807) is 12.1 Å². The first-order chi connectivity index (χ1) is 10.2. The van der Waals surface area contributed by atoms with Crippen LogP contribution in [0.3, 0.4) is 0 Å². The molecular formula is C14H20BrIN4OS. The predicted octanol–water partition coefficient (Wildman–Crippen LogP) is 2.16. The van der Waals surface area contributed by atoms with E-state index in [1.165, 1.54) is 0 Å². The number of nitrogens with zero attached hydrogens (tertiary/aromatic N) is 2. The fourth-order valence-corrected chi connectivity index (χ4v) is 3.10. The van der Waals surface area contributed by atoms with Gasteiger partial charge in [0.15, 0.2) is 5.96 Å². The molecular weight excluding hydrogens is 479 g/mol. The number of guanidine groups is 1. The third kappa shape index (κ3) is 6.33. The molecule has 0 bridgehead atoms. The Kier molecular flexibility index (Phi) is 9.18. The molecule has 1 aliphatic rings. The molecule has 0 aliphatic carbocycles. The number of halogens is 2. The summed E-state index contributed by atoms with van der Waals surface area (Å²) in [7, 11) is 0. The number of carbonyl (C=O) groups is 1. The molecule has 8 heteroatoms. The minimum absolute atomic E-state index is 0. The van der Waals surface area contributed by atoms with Crippen molar-refractivity contribution in [2.24, 2.45) is 10.7 Å². The number of nitrogens with two attached hydrogens (primary N) is 1. The first-order valence-corrected chi connectivity index (χ1v) is 8.78. The van der Waals surface area contributed by atoms with Crippen molar-refractivity contribution in [3.63, 3.8) is 0 Å². The van der Waals surface area contributed by atoms with Gasteiger partial charge >= 0.3 is 0 Å². The molecule has 2 rings (SSSR count). The van der Waals surface area contributed by atoms with Crippen molar-refractivity contribution < 1.29 is 4.79 Å². The molecule has 1 aliphatic heterocycles. The number of hydrogen-bond acceptors (Lipinski definition) is 3. The van der Waals surface area contributed by atoms with Gasteiger partial charge in [-0.15, -0.1) is 24.0 Å². The van der Waals surface area contributed by atoms with E-state index in [1.807, 2.05) is 23.9 Å². The van der Waals surface area contributed by atoms with Crippen molar-refractivity contribution in [2.45, 2.75) is 0 Å². The molecule has 122 valence electrons. The van der Waals surface area contributed by atoms with Crippen LogP contribution in [-0.4, -0.2) is 54.5 Å². The zero-order valence-electron chi connectivity index (χ0n) is 12.1. The fraction of sp³-hybridized carbons (Fsp3) is 0.429. The molecule has 1 fully saturated rings. The standard InChI is InChI=1S/C14H19BrN4OS.HI/c15-12-3-1-11(2-4-12)13(20)17-5-6-18-14(16)19-7-9-21-10-8-19;/h1-4H,5-10H2,(H2,16,18)(H,17,20);1H. The Labute approximate surface area is 160 Å². The van der Waals surface area contributed by atoms with Gasteiger partial charge in [0, 0.05) is 41.2 Å². The highest BCUT2D eigenvalue weighted by Gasteiger charge is 2.11. The highest BCUT2D eigenvalue weighted by Crippen LogP contribution is 2.10. The maximum Gasteiger partial charge on any atom is 0.251 e. The van der Waals surface area contributed by atoms with Crippen LogP contribution >= 0.6 is 51.7 Å². The zero-order valence-corrected chi connectivity index (χ0v) is 16.9. The summed E-state index contributed by atoms with van der Waals surface area (Å²) in [5, 5.41) is 2.84. The number of benzene rings is 1. The summed E-state index contributed by atoms with van der Waals surface area (Å²) < 4.78 is 0.955. The number of nitrogens with one attached hydrogen (secondary N) is 1. The molecule has 0 saturated carbocycles. The second-order valence-corrected chi connectivity index (χ2v) is 6.74. The minimum atomic E-state index is -0.0920. The maximum atomic E-state index is 11.9. The molecule has 0 unspecified atom stereocenters. The average molecular weight is 499 g/mol. The van der Waals surface area contributed by atoms with Crippen molar-refractivity contribution in [1.82, 2.24) is 10.2 Å². The molecule has 0 atom stereocenters. The van der Waals surface area contributed by atoms with Crippen molar-refractivity contribution >= 4 is 63.5 Å². The Morgan fingerprint density at radius 1 is 1.32 bits per heavy atom. The van der Waals surface area contributed by atoms with E-state index < -0.39 is 0 Å². The topological polar surface area (TPSA) is 70.7 Å². The number of hydrogen-bond donors (Lipinski definition) is 2. The third-order valence-electron chi connectivity index (χ3n) is 3.11. The van der Waals surface area contributed by atoms with Gasteiger partial charge in [0.2, 0.25) is 0 Å². The Morgan fingerprint density at radius 2 is 1.95 bits per heavy atom. The van der Waals surface area contributed by atoms with Gasteiger partial charge in [-0.25, -0.2) is 0 Å². The summed E-state index contributed by atoms with van der Waals surface area (Å²) in [6, 6.07) is 7.25. The van der Waals surface area contributed by atoms with Gasteiger partial charge in [0.25, 0.3) is 5.91 Å². The first kappa shape index (κ1) is 19.6. The smallest absolute Gasteiger partial charge is 0.251 e. The summed E-state index contributed by atoms with van der Waals surface area (Å²) >= 11 is 5.28. The lowest BCUT2D eigenvalue weighted by Gasteiger charge is -2.27. The lowest BCUT2D eigenvalue weighted by molar-refractivity contribution is 0.0955. The third-order valence-corrected chi connectivity index (χ3v) is 4.58. The van der Waals surface area contributed by atoms with E-state index in [9.17, 15) is 4.79 Å². The normalized spacial score (nSPS) is 15.1. The number of rotatable bonds is 4. The molecule has 5 nitrogen and oxygen atoms in total. The van der Waals surface area contributed by atoms with E-state index >= 15 is 0 Å². The summed E-state index contributed by atoms with van der Waals surface area (Å²) in [5.41, 5.74) is 6.58. The van der Waals surface area contributed by atoms with Gasteiger partial charge in [-0.2, -0.15) is 11.8 Å². The molecule has 0 radical (unpaired) electrons. The van der Waals surface area contributed by atoms with E-state index in [0.717, 1.165) is 29.1 Å². The molecule has 1 aromatic rings. The van der Waals surface area contributed by atoms with Crippen LogP contribution < -0.4 is 11.1 Å². The second kappa shape index (κ2) is 10.3. The molecule has 0 aromatic heterocycles. The van der Waals surface area contributed by atoms with Crippen LogP contribution in [0.2, 0.25) is 0 Å². The molecule has 22 heavy (non-hydrogen) atoms. The summed E-state index contributed by atoms with van der Waals surface area (Å²) in [6.45, 7) is 2.88. The lowest BCUT2D eigenvalue weighted by Crippen LogP contribution is -2.43. The maximum absolute atomic E-state index is 11.9. The SMILES string of the molecule is I.NC(=NCCNC(=O)c1ccc(Br)cc1)N1CCSCC1. The van der Waals surface area contributed by atoms with E-state index in [2.05, 4.69) is 31.1 Å². The first-order valence-electron chi connectivity index (χ1n) is 6.83. The highest BCUT2D eigenvalue weighted by molar-refractivity contribution is 14.0. The fourth-order valence-electron chi connectivity index (χ4n) is 1.94. The Bertz CT molecular complexity index is 506. The largest absolute Gasteiger partial charge is 0.370 e. The number of aliphatic imine (C=N–C) groups is 1. The van der Waals surface area contributed by atoms with Crippen molar-refractivity contribution in [1.29, 1.82) is 0 Å². The van der Waals surface area contributed by atoms with E-state index in [0.29, 0.717) is 24.6 Å². The van der Waals surface area contributed by atoms with Crippen molar-refractivity contribution in [2.75, 3.05) is 37.7 Å². The predicted molar refractivity (Wildman–Crippen MR) is 107 cm³/mol. The average Bonchev–Trinajstić information content (AvgIpc) is 2.52. The zero-order chi connectivity index (χ0) is 15.1. The van der Waals surface area contributed by atoms with Gasteiger partial charge in [0.05, 0.1) is 6.54 Å². The van der Waals surface area contributed by atoms with Crippen molar-refractivity contribution in [3.05, 3.63) is 34.3 Å². The van der Waals surface area contributed by atoms with Crippen LogP contribution in [0, 0.1) is 0 Å². The number of carbonyl (C=O) groups excluding carboxylic acids is 1. The summed E-state index contributed by atoms with van der Waals surface area (Å²) in [5.74, 6) is 2.67. The molecule has 1 aromatic carbocycles. The molecule has 1 amide bonds. The number of amides is 1. The summed E-state index contributed by atoms with van der Waals surface area (Å²) in [6.07, 6.45) is 0. The van der Waals surface area contributed by atoms with Crippen LogP contribution in [0.1, 0.15) is 10.4 Å². The van der Waals surface area contributed by atoms with Gasteiger partial charge < -0.3 is 16.0 Å². The van der Waals surface area contributed by atoms with Gasteiger partial charge in [0.1, 0.15) is 0 Å². The summed E-state index contributed by atoms with van der Waals surface area (Å²) in [4.78, 5) is 18.3. The Morgan fingerprint density at radius 3 is 2.59 bits per heavy atom. The van der Waals surface area contributed by atoms with Crippen LogP contribution in [0.25, 0.3) is 0 Å². The van der Waals surface area contributed by atoms with Gasteiger partial charge in [-0.1, -0.05) is 15.9 Å². The molecule has 1 heterocycles. The Hall–Kier alpha value is -0.480. The van der Waals surface area contributed by atoms with Gasteiger partial charge in [-0.05, 0) is 24.3 Å². The van der Waals surface area contributed by atoms with Crippen molar-refractivity contribution in [3.8, 4) is 0 Å². The van der Waals surface area contributed by atoms with Crippen LogP contribution in [-0.2, 0) is 0 Å². The monoisotopic (exact) mass is 498 g/mol. The Balaban J connectivity index is 0.00000242.